The molecule has 2 aliphatic rings. The summed E-state index contributed by atoms with van der Waals surface area (Å²) in [6.07, 6.45) is 3.95. The van der Waals surface area contributed by atoms with Gasteiger partial charge in [-0.15, -0.1) is 0 Å². The maximum Gasteiger partial charge on any atom is 0.255 e. The Balaban J connectivity index is 1.48. The minimum Gasteiger partial charge on any atom is -0.381 e. The third kappa shape index (κ3) is 5.65. The van der Waals surface area contributed by atoms with Crippen molar-refractivity contribution >= 4 is 29.1 Å². The van der Waals surface area contributed by atoms with E-state index >= 15 is 0 Å². The summed E-state index contributed by atoms with van der Waals surface area (Å²) >= 11 is 6.30. The molecule has 0 aliphatic carbocycles. The molecule has 4 heterocycles. The normalized spacial score (nSPS) is 19.7. The number of nitrogens with one attached hydrogen (secondary N) is 3. The quantitative estimate of drug-likeness (QED) is 0.613. The first-order chi connectivity index (χ1) is 15.1. The van der Waals surface area contributed by atoms with Crippen molar-refractivity contribution in [1.29, 1.82) is 0 Å². The van der Waals surface area contributed by atoms with Crippen LogP contribution in [0.15, 0.2) is 18.5 Å². The SMILES string of the molecule is O=C(Nc1cc(-c2cnc(F)c(NCC3CCOCC3)n2)c(Cl)cn1)[C@H]1CNCCO1. The van der Waals surface area contributed by atoms with Gasteiger partial charge in [-0.05, 0) is 24.8 Å². The molecule has 2 fully saturated rings. The first-order valence-corrected chi connectivity index (χ1v) is 10.6. The number of halogens is 2. The van der Waals surface area contributed by atoms with E-state index in [2.05, 4.69) is 30.9 Å². The molecular formula is C20H24ClFN6O3. The number of pyridine rings is 1. The molecule has 0 bridgehead atoms. The Kier molecular flexibility index (Phi) is 7.23. The molecule has 9 nitrogen and oxygen atoms in total. The average molecular weight is 451 g/mol. The number of carbonyl (C=O) groups is 1. The molecule has 2 aliphatic heterocycles. The summed E-state index contributed by atoms with van der Waals surface area (Å²) in [7, 11) is 0. The highest BCUT2D eigenvalue weighted by molar-refractivity contribution is 6.33. The number of nitrogens with zero attached hydrogens (tertiary/aromatic N) is 3. The maximum atomic E-state index is 14.2. The van der Waals surface area contributed by atoms with Gasteiger partial charge in [-0.25, -0.2) is 15.0 Å². The van der Waals surface area contributed by atoms with Crippen molar-refractivity contribution < 1.29 is 18.7 Å². The molecule has 11 heteroatoms. The Hall–Kier alpha value is -2.40. The van der Waals surface area contributed by atoms with Crippen LogP contribution in [0.25, 0.3) is 11.3 Å². The van der Waals surface area contributed by atoms with Gasteiger partial charge in [0.05, 0.1) is 23.5 Å². The third-order valence-electron chi connectivity index (χ3n) is 5.23. The number of anilines is 2. The van der Waals surface area contributed by atoms with Gasteiger partial charge in [0.25, 0.3) is 11.9 Å². The van der Waals surface area contributed by atoms with Crippen LogP contribution < -0.4 is 16.0 Å². The Morgan fingerprint density at radius 1 is 1.26 bits per heavy atom. The first-order valence-electron chi connectivity index (χ1n) is 10.2. The van der Waals surface area contributed by atoms with E-state index in [1.165, 1.54) is 12.4 Å². The Labute approximate surface area is 184 Å². The predicted molar refractivity (Wildman–Crippen MR) is 114 cm³/mol. The monoisotopic (exact) mass is 450 g/mol. The van der Waals surface area contributed by atoms with Gasteiger partial charge in [-0.2, -0.15) is 4.39 Å². The molecule has 2 aromatic heterocycles. The number of rotatable bonds is 6. The lowest BCUT2D eigenvalue weighted by Crippen LogP contribution is -2.45. The van der Waals surface area contributed by atoms with Crippen molar-refractivity contribution in [3.05, 3.63) is 29.4 Å². The lowest BCUT2D eigenvalue weighted by molar-refractivity contribution is -0.128. The standard InChI is InChI=1S/C20H24ClFN6O3/c21-14-9-24-17(28-20(29)16-11-23-3-6-31-16)7-13(14)15-10-25-18(22)19(27-15)26-8-12-1-4-30-5-2-12/h7,9-10,12,16,23H,1-6,8,11H2,(H,26,27)(H,24,28,29)/t16-/m1/s1. The molecule has 2 aromatic rings. The lowest BCUT2D eigenvalue weighted by Gasteiger charge is -2.22. The summed E-state index contributed by atoms with van der Waals surface area (Å²) in [5, 5.41) is 9.18. The molecule has 31 heavy (non-hydrogen) atoms. The van der Waals surface area contributed by atoms with E-state index in [1.807, 2.05) is 0 Å². The minimum atomic E-state index is -0.684. The molecule has 0 radical (unpaired) electrons. The summed E-state index contributed by atoms with van der Waals surface area (Å²) in [6.45, 7) is 3.61. The Morgan fingerprint density at radius 3 is 2.87 bits per heavy atom. The third-order valence-corrected chi connectivity index (χ3v) is 5.53. The van der Waals surface area contributed by atoms with Gasteiger partial charge in [0.15, 0.2) is 5.82 Å². The Bertz CT molecular complexity index is 922. The highest BCUT2D eigenvalue weighted by Gasteiger charge is 2.23. The van der Waals surface area contributed by atoms with Crippen molar-refractivity contribution in [3.8, 4) is 11.3 Å². The van der Waals surface area contributed by atoms with Gasteiger partial charge >= 0.3 is 0 Å². The smallest absolute Gasteiger partial charge is 0.255 e. The van der Waals surface area contributed by atoms with Crippen LogP contribution in [0.3, 0.4) is 0 Å². The molecule has 0 aromatic carbocycles. The molecule has 0 saturated carbocycles. The van der Waals surface area contributed by atoms with Crippen molar-refractivity contribution in [2.45, 2.75) is 18.9 Å². The number of morpholine rings is 1. The van der Waals surface area contributed by atoms with Crippen LogP contribution in [-0.2, 0) is 14.3 Å². The predicted octanol–water partition coefficient (Wildman–Crippen LogP) is 2.10. The zero-order valence-corrected chi connectivity index (χ0v) is 17.6. The maximum absolute atomic E-state index is 14.2. The van der Waals surface area contributed by atoms with Crippen LogP contribution in [0.2, 0.25) is 5.02 Å². The summed E-state index contributed by atoms with van der Waals surface area (Å²) in [6, 6.07) is 1.58. The summed E-state index contributed by atoms with van der Waals surface area (Å²) < 4.78 is 25.0. The first kappa shape index (κ1) is 21.8. The fourth-order valence-electron chi connectivity index (χ4n) is 3.45. The molecule has 0 spiro atoms. The van der Waals surface area contributed by atoms with Crippen LogP contribution >= 0.6 is 11.6 Å². The van der Waals surface area contributed by atoms with Gasteiger partial charge < -0.3 is 25.4 Å². The number of aromatic nitrogens is 3. The van der Waals surface area contributed by atoms with Crippen LogP contribution in [0, 0.1) is 11.9 Å². The van der Waals surface area contributed by atoms with Crippen LogP contribution in [-0.4, -0.2) is 66.4 Å². The van der Waals surface area contributed by atoms with Gasteiger partial charge in [0.2, 0.25) is 0 Å². The van der Waals surface area contributed by atoms with Gasteiger partial charge in [0, 0.05) is 44.6 Å². The van der Waals surface area contributed by atoms with E-state index in [9.17, 15) is 9.18 Å². The second-order valence-electron chi connectivity index (χ2n) is 7.43. The van der Waals surface area contributed by atoms with Crippen molar-refractivity contribution in [3.63, 3.8) is 0 Å². The molecule has 166 valence electrons. The van der Waals surface area contributed by atoms with E-state index in [-0.39, 0.29) is 11.7 Å². The van der Waals surface area contributed by atoms with Crippen LogP contribution in [0.5, 0.6) is 0 Å². The zero-order chi connectivity index (χ0) is 21.6. The van der Waals surface area contributed by atoms with Crippen molar-refractivity contribution in [1.82, 2.24) is 20.3 Å². The summed E-state index contributed by atoms with van der Waals surface area (Å²) in [5.74, 6) is -0.250. The van der Waals surface area contributed by atoms with E-state index < -0.39 is 12.1 Å². The van der Waals surface area contributed by atoms with E-state index in [4.69, 9.17) is 21.1 Å². The molecule has 4 rings (SSSR count). The average Bonchev–Trinajstić information content (AvgIpc) is 2.81. The van der Waals surface area contributed by atoms with Crippen LogP contribution in [0.4, 0.5) is 16.0 Å². The highest BCUT2D eigenvalue weighted by atomic mass is 35.5. The fourth-order valence-corrected chi connectivity index (χ4v) is 3.65. The number of hydrogen-bond acceptors (Lipinski definition) is 8. The molecule has 1 atom stereocenters. The molecule has 2 saturated heterocycles. The zero-order valence-electron chi connectivity index (χ0n) is 16.9. The summed E-state index contributed by atoms with van der Waals surface area (Å²) in [5.41, 5.74) is 0.852. The van der Waals surface area contributed by atoms with E-state index in [1.54, 1.807) is 6.07 Å². The van der Waals surface area contributed by atoms with Gasteiger partial charge in [-0.1, -0.05) is 11.6 Å². The minimum absolute atomic E-state index is 0.0594. The van der Waals surface area contributed by atoms with Crippen LogP contribution in [0.1, 0.15) is 12.8 Å². The largest absolute Gasteiger partial charge is 0.381 e. The topological polar surface area (TPSA) is 110 Å². The number of ether oxygens (including phenoxy) is 2. The molecule has 1 amide bonds. The Morgan fingerprint density at radius 2 is 2.10 bits per heavy atom. The highest BCUT2D eigenvalue weighted by Crippen LogP contribution is 2.29. The number of amides is 1. The second-order valence-corrected chi connectivity index (χ2v) is 7.84. The van der Waals surface area contributed by atoms with E-state index in [0.29, 0.717) is 67.5 Å². The molecule has 0 unspecified atom stereocenters. The molecular weight excluding hydrogens is 427 g/mol. The number of hydrogen-bond donors (Lipinski definition) is 3. The lowest BCUT2D eigenvalue weighted by atomic mass is 10.0. The molecule has 3 N–H and O–H groups in total. The van der Waals surface area contributed by atoms with E-state index in [0.717, 1.165) is 12.8 Å². The summed E-state index contributed by atoms with van der Waals surface area (Å²) in [4.78, 5) is 24.7. The van der Waals surface area contributed by atoms with Crippen molar-refractivity contribution in [2.24, 2.45) is 5.92 Å². The number of carbonyl (C=O) groups excluding carboxylic acids is 1. The van der Waals surface area contributed by atoms with Gasteiger partial charge in [0.1, 0.15) is 11.9 Å². The second kappa shape index (κ2) is 10.3. The van der Waals surface area contributed by atoms with Crippen molar-refractivity contribution in [2.75, 3.05) is 50.1 Å². The fraction of sp³-hybridized carbons (Fsp3) is 0.500. The van der Waals surface area contributed by atoms with Gasteiger partial charge in [-0.3, -0.25) is 4.79 Å².